The molecule has 0 saturated carbocycles. The minimum Gasteiger partial charge on any atom is -0.370 e. The Morgan fingerprint density at radius 2 is 1.83 bits per heavy atom. The number of hydrazine groups is 1. The molecule has 0 saturated heterocycles. The second-order valence-electron chi connectivity index (χ2n) is 5.26. The molecule has 4 N–H and O–H groups in total. The largest absolute Gasteiger partial charge is 0.370 e. The number of nitrogen functional groups attached to an aromatic ring is 1. The lowest BCUT2D eigenvalue weighted by molar-refractivity contribution is 0.566. The highest BCUT2D eigenvalue weighted by molar-refractivity contribution is 5.47. The zero-order valence-corrected chi connectivity index (χ0v) is 11.8. The number of rotatable bonds is 7. The molecule has 5 heteroatoms. The van der Waals surface area contributed by atoms with Crippen LogP contribution in [-0.2, 0) is 0 Å². The number of nitrogens with two attached hydrogens (primary N) is 1. The Bertz CT molecular complexity index is 362. The van der Waals surface area contributed by atoms with Gasteiger partial charge in [-0.05, 0) is 18.8 Å². The molecular formula is C13H25N5. The average Bonchev–Trinajstić information content (AvgIpc) is 2.34. The van der Waals surface area contributed by atoms with Gasteiger partial charge in [0.15, 0.2) is 0 Å². The van der Waals surface area contributed by atoms with E-state index in [1.54, 1.807) is 0 Å². The fourth-order valence-electron chi connectivity index (χ4n) is 1.62. The van der Waals surface area contributed by atoms with Gasteiger partial charge >= 0.3 is 0 Å². The van der Waals surface area contributed by atoms with Crippen molar-refractivity contribution in [2.24, 2.45) is 11.8 Å². The molecule has 102 valence electrons. The smallest absolute Gasteiger partial charge is 0.145 e. The van der Waals surface area contributed by atoms with Crippen LogP contribution in [0.25, 0.3) is 0 Å². The summed E-state index contributed by atoms with van der Waals surface area (Å²) in [5.74, 6) is 8.74. The summed E-state index contributed by atoms with van der Waals surface area (Å²) in [5.41, 5.74) is 2.58. The van der Waals surface area contributed by atoms with Gasteiger partial charge in [-0.25, -0.2) is 15.8 Å². The van der Waals surface area contributed by atoms with E-state index in [9.17, 15) is 0 Å². The summed E-state index contributed by atoms with van der Waals surface area (Å²) in [4.78, 5) is 8.80. The zero-order chi connectivity index (χ0) is 13.5. The normalized spacial score (nSPS) is 11.1. The molecule has 0 aromatic carbocycles. The van der Waals surface area contributed by atoms with E-state index in [0.29, 0.717) is 5.82 Å². The minimum atomic E-state index is 0.287. The standard InChI is InChI=1S/C13H25N5/c1-9(2)6-5-7-15-11-8-12(18-14)17-13(16-11)10(3)4/h8-10H,5-7,14H2,1-4H3,(H2,15,16,17,18). The lowest BCUT2D eigenvalue weighted by atomic mass is 10.1. The van der Waals surface area contributed by atoms with E-state index in [0.717, 1.165) is 30.5 Å². The third-order valence-electron chi connectivity index (χ3n) is 2.67. The van der Waals surface area contributed by atoms with E-state index in [1.165, 1.54) is 6.42 Å². The summed E-state index contributed by atoms with van der Waals surface area (Å²) < 4.78 is 0. The first-order chi connectivity index (χ1) is 8.52. The molecule has 1 aromatic heterocycles. The van der Waals surface area contributed by atoms with Crippen molar-refractivity contribution >= 4 is 11.6 Å². The summed E-state index contributed by atoms with van der Waals surface area (Å²) in [6.07, 6.45) is 2.36. The van der Waals surface area contributed by atoms with Gasteiger partial charge in [-0.2, -0.15) is 0 Å². The Labute approximate surface area is 110 Å². The average molecular weight is 251 g/mol. The Hall–Kier alpha value is -1.36. The van der Waals surface area contributed by atoms with Crippen LogP contribution in [0.3, 0.4) is 0 Å². The molecule has 0 bridgehead atoms. The van der Waals surface area contributed by atoms with Crippen molar-refractivity contribution < 1.29 is 0 Å². The quantitative estimate of drug-likeness (QED) is 0.394. The molecule has 0 unspecified atom stereocenters. The van der Waals surface area contributed by atoms with E-state index in [1.807, 2.05) is 6.07 Å². The van der Waals surface area contributed by atoms with Gasteiger partial charge in [-0.15, -0.1) is 0 Å². The maximum absolute atomic E-state index is 5.41. The third kappa shape index (κ3) is 4.87. The van der Waals surface area contributed by atoms with Crippen LogP contribution in [-0.4, -0.2) is 16.5 Å². The molecule has 0 aliphatic rings. The van der Waals surface area contributed by atoms with Crippen LogP contribution in [0.5, 0.6) is 0 Å². The van der Waals surface area contributed by atoms with Gasteiger partial charge in [0.05, 0.1) is 0 Å². The fraction of sp³-hybridized carbons (Fsp3) is 0.692. The molecule has 1 heterocycles. The summed E-state index contributed by atoms with van der Waals surface area (Å²) in [5, 5.41) is 3.32. The first-order valence-electron chi connectivity index (χ1n) is 6.62. The summed E-state index contributed by atoms with van der Waals surface area (Å²) in [6.45, 7) is 9.53. The summed E-state index contributed by atoms with van der Waals surface area (Å²) >= 11 is 0. The predicted octanol–water partition coefficient (Wildman–Crippen LogP) is 2.73. The zero-order valence-electron chi connectivity index (χ0n) is 11.8. The maximum Gasteiger partial charge on any atom is 0.145 e. The Kier molecular flexibility index (Phi) is 5.85. The van der Waals surface area contributed by atoms with Gasteiger partial charge < -0.3 is 10.7 Å². The highest BCUT2D eigenvalue weighted by Gasteiger charge is 2.07. The van der Waals surface area contributed by atoms with Crippen LogP contribution < -0.4 is 16.6 Å². The van der Waals surface area contributed by atoms with E-state index in [4.69, 9.17) is 5.84 Å². The Morgan fingerprint density at radius 3 is 2.39 bits per heavy atom. The number of anilines is 2. The highest BCUT2D eigenvalue weighted by atomic mass is 15.3. The Balaban J connectivity index is 2.61. The lowest BCUT2D eigenvalue weighted by Crippen LogP contribution is -2.13. The molecule has 0 aliphatic carbocycles. The first kappa shape index (κ1) is 14.7. The molecule has 0 fully saturated rings. The monoisotopic (exact) mass is 251 g/mol. The molecule has 0 atom stereocenters. The van der Waals surface area contributed by atoms with Crippen molar-refractivity contribution in [2.45, 2.75) is 46.5 Å². The summed E-state index contributed by atoms with van der Waals surface area (Å²) in [7, 11) is 0. The second kappa shape index (κ2) is 7.16. The van der Waals surface area contributed by atoms with Crippen LogP contribution in [0, 0.1) is 5.92 Å². The van der Waals surface area contributed by atoms with Crippen molar-refractivity contribution in [2.75, 3.05) is 17.3 Å². The maximum atomic E-state index is 5.41. The van der Waals surface area contributed by atoms with Crippen molar-refractivity contribution in [3.8, 4) is 0 Å². The molecule has 18 heavy (non-hydrogen) atoms. The SMILES string of the molecule is CC(C)CCCNc1cc(NN)nc(C(C)C)n1. The van der Waals surface area contributed by atoms with Crippen LogP contribution in [0.15, 0.2) is 6.07 Å². The predicted molar refractivity (Wildman–Crippen MR) is 76.5 cm³/mol. The number of hydrogen-bond donors (Lipinski definition) is 3. The topological polar surface area (TPSA) is 75.9 Å². The molecular weight excluding hydrogens is 226 g/mol. The van der Waals surface area contributed by atoms with Crippen LogP contribution >= 0.6 is 0 Å². The molecule has 1 aromatic rings. The summed E-state index contributed by atoms with van der Waals surface area (Å²) in [6, 6.07) is 1.83. The number of aromatic nitrogens is 2. The molecule has 0 radical (unpaired) electrons. The number of nitrogens with zero attached hydrogens (tertiary/aromatic N) is 2. The van der Waals surface area contributed by atoms with Crippen molar-refractivity contribution in [3.05, 3.63) is 11.9 Å². The van der Waals surface area contributed by atoms with Crippen LogP contribution in [0.1, 0.15) is 52.3 Å². The first-order valence-corrected chi connectivity index (χ1v) is 6.62. The minimum absolute atomic E-state index is 0.287. The lowest BCUT2D eigenvalue weighted by Gasteiger charge is -2.11. The van der Waals surface area contributed by atoms with E-state index in [-0.39, 0.29) is 5.92 Å². The van der Waals surface area contributed by atoms with E-state index >= 15 is 0 Å². The van der Waals surface area contributed by atoms with Gasteiger partial charge in [0.2, 0.25) is 0 Å². The third-order valence-corrected chi connectivity index (χ3v) is 2.67. The van der Waals surface area contributed by atoms with Gasteiger partial charge in [-0.3, -0.25) is 0 Å². The van der Waals surface area contributed by atoms with Crippen LogP contribution in [0.2, 0.25) is 0 Å². The highest BCUT2D eigenvalue weighted by Crippen LogP contribution is 2.16. The number of nitrogens with one attached hydrogen (secondary N) is 2. The molecule has 1 rings (SSSR count). The molecule has 0 aliphatic heterocycles. The van der Waals surface area contributed by atoms with Gasteiger partial charge in [0.1, 0.15) is 17.5 Å². The van der Waals surface area contributed by atoms with Crippen molar-refractivity contribution in [1.29, 1.82) is 0 Å². The molecule has 0 spiro atoms. The van der Waals surface area contributed by atoms with E-state index < -0.39 is 0 Å². The van der Waals surface area contributed by atoms with Gasteiger partial charge in [0.25, 0.3) is 0 Å². The Morgan fingerprint density at radius 1 is 1.17 bits per heavy atom. The van der Waals surface area contributed by atoms with Gasteiger partial charge in [0, 0.05) is 18.5 Å². The van der Waals surface area contributed by atoms with Gasteiger partial charge in [-0.1, -0.05) is 27.7 Å². The van der Waals surface area contributed by atoms with Crippen molar-refractivity contribution in [1.82, 2.24) is 9.97 Å². The van der Waals surface area contributed by atoms with Crippen LogP contribution in [0.4, 0.5) is 11.6 Å². The number of hydrogen-bond acceptors (Lipinski definition) is 5. The fourth-order valence-corrected chi connectivity index (χ4v) is 1.62. The molecule has 0 amide bonds. The van der Waals surface area contributed by atoms with Crippen molar-refractivity contribution in [3.63, 3.8) is 0 Å². The van der Waals surface area contributed by atoms with E-state index in [2.05, 4.69) is 48.4 Å². The second-order valence-corrected chi connectivity index (χ2v) is 5.26. The molecule has 5 nitrogen and oxygen atoms in total.